The number of methoxy groups -OCH3 is 2. The molecule has 0 aliphatic carbocycles. The quantitative estimate of drug-likeness (QED) is 0.504. The van der Waals surface area contributed by atoms with E-state index < -0.39 is 11.9 Å². The molecule has 1 aromatic heterocycles. The Morgan fingerprint density at radius 1 is 1.25 bits per heavy atom. The Bertz CT molecular complexity index is 757. The minimum Gasteiger partial charge on any atom is -0.496 e. The maximum Gasteiger partial charge on any atom is 0.357 e. The van der Waals surface area contributed by atoms with Crippen LogP contribution in [0.5, 0.6) is 5.75 Å². The number of carbonyl (C=O) groups is 2. The van der Waals surface area contributed by atoms with Crippen molar-refractivity contribution in [2.45, 2.75) is 13.5 Å². The van der Waals surface area contributed by atoms with Gasteiger partial charge in [-0.3, -0.25) is 4.68 Å². The first kappa shape index (κ1) is 18.2. The van der Waals surface area contributed by atoms with Crippen LogP contribution < -0.4 is 4.74 Å². The molecular weight excluding hydrogens is 427 g/mol. The second kappa shape index (κ2) is 8.13. The molecule has 0 aliphatic rings. The van der Waals surface area contributed by atoms with Gasteiger partial charge in [-0.15, -0.1) is 0 Å². The van der Waals surface area contributed by atoms with Crippen LogP contribution in [0.15, 0.2) is 24.4 Å². The summed E-state index contributed by atoms with van der Waals surface area (Å²) in [6.07, 6.45) is 1.60. The van der Waals surface area contributed by atoms with Gasteiger partial charge in [0.15, 0.2) is 5.69 Å². The van der Waals surface area contributed by atoms with Gasteiger partial charge in [0.05, 0.1) is 42.7 Å². The highest BCUT2D eigenvalue weighted by Gasteiger charge is 2.20. The van der Waals surface area contributed by atoms with Crippen LogP contribution in [0.25, 0.3) is 0 Å². The van der Waals surface area contributed by atoms with Gasteiger partial charge in [-0.05, 0) is 41.6 Å². The zero-order valence-corrected chi connectivity index (χ0v) is 15.7. The van der Waals surface area contributed by atoms with Gasteiger partial charge >= 0.3 is 11.9 Å². The number of halogens is 1. The number of ether oxygens (including phenoxy) is 3. The molecule has 0 bridgehead atoms. The standard InChI is InChI=1S/C16H17IN2O5/c1-4-24-16(21)14-12(17)8-18-19(14)9-11-6-5-10(15(20)23-3)7-13(11)22-2/h5-8H,4,9H2,1-3H3. The molecule has 0 fully saturated rings. The Hall–Kier alpha value is -2.10. The third-order valence-corrected chi connectivity index (χ3v) is 4.08. The number of rotatable bonds is 6. The van der Waals surface area contributed by atoms with Crippen LogP contribution in [-0.2, 0) is 16.0 Å². The van der Waals surface area contributed by atoms with Crippen molar-refractivity contribution in [2.75, 3.05) is 20.8 Å². The molecule has 0 N–H and O–H groups in total. The SMILES string of the molecule is CCOC(=O)c1c(I)cnn1Cc1ccc(C(=O)OC)cc1OC. The first-order valence-electron chi connectivity index (χ1n) is 7.15. The number of benzene rings is 1. The van der Waals surface area contributed by atoms with Gasteiger partial charge in [0.2, 0.25) is 0 Å². The third-order valence-electron chi connectivity index (χ3n) is 3.29. The highest BCUT2D eigenvalue weighted by atomic mass is 127. The summed E-state index contributed by atoms with van der Waals surface area (Å²) < 4.78 is 17.4. The highest BCUT2D eigenvalue weighted by Crippen LogP contribution is 2.23. The van der Waals surface area contributed by atoms with Crippen LogP contribution in [0, 0.1) is 3.57 Å². The van der Waals surface area contributed by atoms with Gasteiger partial charge in [-0.1, -0.05) is 6.07 Å². The molecule has 1 aromatic carbocycles. The van der Waals surface area contributed by atoms with Crippen LogP contribution in [-0.4, -0.2) is 42.5 Å². The number of aromatic nitrogens is 2. The predicted octanol–water partition coefficient (Wildman–Crippen LogP) is 2.51. The Morgan fingerprint density at radius 3 is 2.62 bits per heavy atom. The second-order valence-electron chi connectivity index (χ2n) is 4.74. The van der Waals surface area contributed by atoms with Crippen molar-refractivity contribution in [1.82, 2.24) is 9.78 Å². The van der Waals surface area contributed by atoms with E-state index in [0.29, 0.717) is 27.1 Å². The van der Waals surface area contributed by atoms with Crippen molar-refractivity contribution in [2.24, 2.45) is 0 Å². The molecule has 128 valence electrons. The fraction of sp³-hybridized carbons (Fsp3) is 0.312. The number of esters is 2. The lowest BCUT2D eigenvalue weighted by molar-refractivity contribution is 0.0510. The maximum absolute atomic E-state index is 12.1. The smallest absolute Gasteiger partial charge is 0.357 e. The topological polar surface area (TPSA) is 79.7 Å². The summed E-state index contributed by atoms with van der Waals surface area (Å²) in [5, 5.41) is 4.22. The van der Waals surface area contributed by atoms with E-state index in [1.165, 1.54) is 14.2 Å². The van der Waals surface area contributed by atoms with Crippen molar-refractivity contribution in [3.8, 4) is 5.75 Å². The van der Waals surface area contributed by atoms with Crippen LogP contribution in [0.4, 0.5) is 0 Å². The fourth-order valence-corrected chi connectivity index (χ4v) is 2.79. The average molecular weight is 444 g/mol. The van der Waals surface area contributed by atoms with E-state index in [4.69, 9.17) is 14.2 Å². The maximum atomic E-state index is 12.1. The van der Waals surface area contributed by atoms with Gasteiger partial charge in [-0.2, -0.15) is 5.10 Å². The monoisotopic (exact) mass is 444 g/mol. The summed E-state index contributed by atoms with van der Waals surface area (Å²) in [5.74, 6) is -0.358. The first-order valence-corrected chi connectivity index (χ1v) is 8.23. The molecule has 0 amide bonds. The average Bonchev–Trinajstić information content (AvgIpc) is 2.95. The Kier molecular flexibility index (Phi) is 6.18. The lowest BCUT2D eigenvalue weighted by Crippen LogP contribution is -2.15. The molecule has 0 atom stereocenters. The molecule has 0 radical (unpaired) electrons. The Labute approximate surface area is 153 Å². The van der Waals surface area contributed by atoms with Gasteiger partial charge in [-0.25, -0.2) is 9.59 Å². The molecule has 0 aliphatic heterocycles. The highest BCUT2D eigenvalue weighted by molar-refractivity contribution is 14.1. The van der Waals surface area contributed by atoms with Crippen LogP contribution in [0.3, 0.4) is 0 Å². The van der Waals surface area contributed by atoms with E-state index in [2.05, 4.69) is 5.10 Å². The Balaban J connectivity index is 2.35. The van der Waals surface area contributed by atoms with Crippen molar-refractivity contribution < 1.29 is 23.8 Å². The minimum atomic E-state index is -0.444. The zero-order valence-electron chi connectivity index (χ0n) is 13.5. The van der Waals surface area contributed by atoms with Crippen molar-refractivity contribution in [3.63, 3.8) is 0 Å². The molecule has 0 saturated carbocycles. The predicted molar refractivity (Wildman–Crippen MR) is 94.3 cm³/mol. The summed E-state index contributed by atoms with van der Waals surface area (Å²) in [4.78, 5) is 23.7. The normalized spacial score (nSPS) is 10.3. The molecule has 7 nitrogen and oxygen atoms in total. The molecular formula is C16H17IN2O5. The fourth-order valence-electron chi connectivity index (χ4n) is 2.17. The molecule has 0 spiro atoms. The third kappa shape index (κ3) is 3.86. The van der Waals surface area contributed by atoms with Gasteiger partial charge in [0, 0.05) is 5.56 Å². The van der Waals surface area contributed by atoms with Gasteiger partial charge in [0.1, 0.15) is 5.75 Å². The summed E-state index contributed by atoms with van der Waals surface area (Å²) in [7, 11) is 2.83. The zero-order chi connectivity index (χ0) is 17.7. The van der Waals surface area contributed by atoms with E-state index in [0.717, 1.165) is 5.56 Å². The van der Waals surface area contributed by atoms with E-state index in [1.54, 1.807) is 36.0 Å². The van der Waals surface area contributed by atoms with Crippen molar-refractivity contribution >= 4 is 34.5 Å². The van der Waals surface area contributed by atoms with E-state index in [1.807, 2.05) is 22.6 Å². The molecule has 2 aromatic rings. The van der Waals surface area contributed by atoms with E-state index >= 15 is 0 Å². The molecule has 0 saturated heterocycles. The second-order valence-corrected chi connectivity index (χ2v) is 5.90. The largest absolute Gasteiger partial charge is 0.496 e. The summed E-state index contributed by atoms with van der Waals surface area (Å²) in [6, 6.07) is 4.98. The van der Waals surface area contributed by atoms with Gasteiger partial charge in [0.25, 0.3) is 0 Å². The van der Waals surface area contributed by atoms with Crippen LogP contribution >= 0.6 is 22.6 Å². The van der Waals surface area contributed by atoms with E-state index in [9.17, 15) is 9.59 Å². The molecule has 0 unspecified atom stereocenters. The van der Waals surface area contributed by atoms with Crippen molar-refractivity contribution in [1.29, 1.82) is 0 Å². The van der Waals surface area contributed by atoms with Crippen molar-refractivity contribution in [3.05, 3.63) is 44.8 Å². The first-order chi connectivity index (χ1) is 11.5. The summed E-state index contributed by atoms with van der Waals surface area (Å²) in [6.45, 7) is 2.35. The molecule has 8 heteroatoms. The molecule has 1 heterocycles. The molecule has 2 rings (SSSR count). The number of carbonyl (C=O) groups excluding carboxylic acids is 2. The summed E-state index contributed by atoms with van der Waals surface area (Å²) in [5.41, 5.74) is 1.55. The van der Waals surface area contributed by atoms with Gasteiger partial charge < -0.3 is 14.2 Å². The van der Waals surface area contributed by atoms with Crippen LogP contribution in [0.2, 0.25) is 0 Å². The van der Waals surface area contributed by atoms with E-state index in [-0.39, 0.29) is 6.61 Å². The lowest BCUT2D eigenvalue weighted by Gasteiger charge is -2.12. The lowest BCUT2D eigenvalue weighted by atomic mass is 10.1. The number of hydrogen-bond donors (Lipinski definition) is 0. The molecule has 24 heavy (non-hydrogen) atoms. The van der Waals surface area contributed by atoms with Crippen LogP contribution in [0.1, 0.15) is 33.3 Å². The summed E-state index contributed by atoms with van der Waals surface area (Å²) >= 11 is 2.04. The number of hydrogen-bond acceptors (Lipinski definition) is 6. The Morgan fingerprint density at radius 2 is 2.00 bits per heavy atom. The number of nitrogens with zero attached hydrogens (tertiary/aromatic N) is 2. The minimum absolute atomic E-state index is 0.289.